The Hall–Kier alpha value is -1.35. The van der Waals surface area contributed by atoms with Gasteiger partial charge in [-0.15, -0.1) is 0 Å². The molecule has 0 spiro atoms. The van der Waals surface area contributed by atoms with Gasteiger partial charge in [0.05, 0.1) is 18.8 Å². The summed E-state index contributed by atoms with van der Waals surface area (Å²) in [5.74, 6) is 0.185. The molecular formula is C22H35NO2. The van der Waals surface area contributed by atoms with Gasteiger partial charge in [0.25, 0.3) is 0 Å². The Bertz CT molecular complexity index is 474. The van der Waals surface area contributed by atoms with Crippen molar-refractivity contribution in [3.05, 3.63) is 35.9 Å². The van der Waals surface area contributed by atoms with Crippen molar-refractivity contribution in [1.29, 1.82) is 0 Å². The van der Waals surface area contributed by atoms with Crippen molar-refractivity contribution < 1.29 is 9.53 Å². The van der Waals surface area contributed by atoms with Gasteiger partial charge in [0.1, 0.15) is 0 Å². The van der Waals surface area contributed by atoms with Gasteiger partial charge >= 0.3 is 0 Å². The molecule has 1 fully saturated rings. The molecule has 1 aliphatic heterocycles. The monoisotopic (exact) mass is 345 g/mol. The number of benzene rings is 1. The maximum Gasteiger partial charge on any atom is 0.220 e. The van der Waals surface area contributed by atoms with Crippen molar-refractivity contribution in [3.63, 3.8) is 0 Å². The van der Waals surface area contributed by atoms with Crippen LogP contribution in [0.25, 0.3) is 0 Å². The number of amides is 1. The highest BCUT2D eigenvalue weighted by atomic mass is 16.5. The predicted molar refractivity (Wildman–Crippen MR) is 104 cm³/mol. The molecule has 0 unspecified atom stereocenters. The predicted octanol–water partition coefficient (Wildman–Crippen LogP) is 5.55. The highest BCUT2D eigenvalue weighted by Gasteiger charge is 2.27. The van der Waals surface area contributed by atoms with Crippen molar-refractivity contribution in [1.82, 2.24) is 5.32 Å². The highest BCUT2D eigenvalue weighted by Crippen LogP contribution is 2.28. The van der Waals surface area contributed by atoms with E-state index in [-0.39, 0.29) is 18.1 Å². The van der Waals surface area contributed by atoms with Crippen LogP contribution >= 0.6 is 0 Å². The molecule has 0 saturated carbocycles. The van der Waals surface area contributed by atoms with Gasteiger partial charge in [0, 0.05) is 12.8 Å². The molecule has 1 saturated heterocycles. The lowest BCUT2D eigenvalue weighted by Gasteiger charge is -2.11. The molecule has 0 aliphatic carbocycles. The molecule has 1 N–H and O–H groups in total. The van der Waals surface area contributed by atoms with E-state index < -0.39 is 0 Å². The van der Waals surface area contributed by atoms with Gasteiger partial charge in [-0.1, -0.05) is 88.6 Å². The van der Waals surface area contributed by atoms with Crippen molar-refractivity contribution in [2.45, 2.75) is 89.7 Å². The zero-order valence-corrected chi connectivity index (χ0v) is 15.8. The second-order valence-electron chi connectivity index (χ2n) is 7.31. The van der Waals surface area contributed by atoms with Crippen LogP contribution in [-0.4, -0.2) is 18.6 Å². The normalized spacial score (nSPS) is 19.9. The molecule has 2 atom stereocenters. The minimum absolute atomic E-state index is 0.124. The zero-order valence-electron chi connectivity index (χ0n) is 15.8. The maximum absolute atomic E-state index is 12.1. The van der Waals surface area contributed by atoms with Gasteiger partial charge in [-0.05, 0) is 12.0 Å². The Morgan fingerprint density at radius 3 is 2.32 bits per heavy atom. The van der Waals surface area contributed by atoms with E-state index in [2.05, 4.69) is 24.4 Å². The second kappa shape index (κ2) is 12.1. The molecule has 1 aromatic rings. The Labute approximate surface area is 153 Å². The van der Waals surface area contributed by atoms with Crippen LogP contribution in [-0.2, 0) is 9.53 Å². The Balaban J connectivity index is 1.49. The number of carbonyl (C=O) groups is 1. The number of nitrogens with one attached hydrogen (secondary N) is 1. The summed E-state index contributed by atoms with van der Waals surface area (Å²) in [6.45, 7) is 2.88. The van der Waals surface area contributed by atoms with E-state index in [1.54, 1.807) is 0 Å². The van der Waals surface area contributed by atoms with Crippen LogP contribution < -0.4 is 5.32 Å². The number of hydrogen-bond acceptors (Lipinski definition) is 2. The van der Waals surface area contributed by atoms with Crippen molar-refractivity contribution in [2.24, 2.45) is 0 Å². The summed E-state index contributed by atoms with van der Waals surface area (Å²) < 4.78 is 5.84. The maximum atomic E-state index is 12.1. The molecule has 3 heteroatoms. The van der Waals surface area contributed by atoms with E-state index >= 15 is 0 Å². The fourth-order valence-electron chi connectivity index (χ4n) is 3.52. The van der Waals surface area contributed by atoms with E-state index in [9.17, 15) is 4.79 Å². The number of unbranched alkanes of at least 4 members (excludes halogenated alkanes) is 8. The average molecular weight is 346 g/mol. The number of ether oxygens (including phenoxy) is 1. The molecule has 1 aliphatic rings. The number of carbonyl (C=O) groups excluding carboxylic acids is 1. The summed E-state index contributed by atoms with van der Waals surface area (Å²) in [7, 11) is 0. The summed E-state index contributed by atoms with van der Waals surface area (Å²) in [6.07, 6.45) is 13.2. The van der Waals surface area contributed by atoms with Crippen LogP contribution in [0.15, 0.2) is 30.3 Å². The molecule has 0 aromatic heterocycles. The van der Waals surface area contributed by atoms with Gasteiger partial charge < -0.3 is 10.1 Å². The third kappa shape index (κ3) is 8.04. The quantitative estimate of drug-likeness (QED) is 0.504. The highest BCUT2D eigenvalue weighted by molar-refractivity contribution is 5.76. The first-order chi connectivity index (χ1) is 12.3. The summed E-state index contributed by atoms with van der Waals surface area (Å²) in [5, 5.41) is 3.14. The van der Waals surface area contributed by atoms with Crippen LogP contribution in [0, 0.1) is 0 Å². The first kappa shape index (κ1) is 20.0. The summed E-state index contributed by atoms with van der Waals surface area (Å²) in [6, 6.07) is 10.4. The molecule has 1 amide bonds. The SMILES string of the molecule is CCCCCCCCCCCC(=O)N[C@H]1CO[C@H](c2ccccc2)C1. The second-order valence-corrected chi connectivity index (χ2v) is 7.31. The van der Waals surface area contributed by atoms with Crippen molar-refractivity contribution >= 4 is 5.91 Å². The van der Waals surface area contributed by atoms with Crippen LogP contribution in [0.4, 0.5) is 0 Å². The number of rotatable bonds is 12. The molecule has 3 nitrogen and oxygen atoms in total. The minimum atomic E-state index is 0.124. The first-order valence-corrected chi connectivity index (χ1v) is 10.3. The van der Waals surface area contributed by atoms with E-state index in [0.29, 0.717) is 13.0 Å². The van der Waals surface area contributed by atoms with Crippen LogP contribution in [0.1, 0.15) is 89.2 Å². The number of hydrogen-bond donors (Lipinski definition) is 1. The lowest BCUT2D eigenvalue weighted by atomic mass is 10.0. The summed E-state index contributed by atoms with van der Waals surface area (Å²) >= 11 is 0. The molecule has 25 heavy (non-hydrogen) atoms. The van der Waals surface area contributed by atoms with E-state index in [0.717, 1.165) is 12.8 Å². The Morgan fingerprint density at radius 2 is 1.64 bits per heavy atom. The van der Waals surface area contributed by atoms with E-state index in [1.165, 1.54) is 56.9 Å². The molecule has 0 bridgehead atoms. The fourth-order valence-corrected chi connectivity index (χ4v) is 3.52. The van der Waals surface area contributed by atoms with Crippen LogP contribution in [0.5, 0.6) is 0 Å². The van der Waals surface area contributed by atoms with Gasteiger partial charge in [-0.3, -0.25) is 4.79 Å². The average Bonchev–Trinajstić information content (AvgIpc) is 3.09. The first-order valence-electron chi connectivity index (χ1n) is 10.3. The lowest BCUT2D eigenvalue weighted by Crippen LogP contribution is -2.34. The molecule has 1 heterocycles. The minimum Gasteiger partial charge on any atom is -0.371 e. The van der Waals surface area contributed by atoms with E-state index in [1.807, 2.05) is 18.2 Å². The standard InChI is InChI=1S/C22H35NO2/c1-2-3-4-5-6-7-8-9-13-16-22(24)23-20-17-21(25-18-20)19-14-11-10-12-15-19/h10-12,14-15,20-21H,2-9,13,16-18H2,1H3,(H,23,24)/t20-,21+/m1/s1. The van der Waals surface area contributed by atoms with Gasteiger partial charge in [-0.25, -0.2) is 0 Å². The summed E-state index contributed by atoms with van der Waals surface area (Å²) in [4.78, 5) is 12.1. The lowest BCUT2D eigenvalue weighted by molar-refractivity contribution is -0.121. The topological polar surface area (TPSA) is 38.3 Å². The fraction of sp³-hybridized carbons (Fsp3) is 0.682. The molecule has 1 aromatic carbocycles. The Morgan fingerprint density at radius 1 is 1.00 bits per heavy atom. The van der Waals surface area contributed by atoms with Gasteiger partial charge in [0.15, 0.2) is 0 Å². The van der Waals surface area contributed by atoms with Crippen LogP contribution in [0.3, 0.4) is 0 Å². The van der Waals surface area contributed by atoms with Crippen molar-refractivity contribution in [2.75, 3.05) is 6.61 Å². The molecular weight excluding hydrogens is 310 g/mol. The third-order valence-corrected chi connectivity index (χ3v) is 5.04. The largest absolute Gasteiger partial charge is 0.371 e. The summed E-state index contributed by atoms with van der Waals surface area (Å²) in [5.41, 5.74) is 1.21. The smallest absolute Gasteiger partial charge is 0.220 e. The van der Waals surface area contributed by atoms with Gasteiger partial charge in [0.2, 0.25) is 5.91 Å². The third-order valence-electron chi connectivity index (χ3n) is 5.04. The molecule has 140 valence electrons. The molecule has 2 rings (SSSR count). The van der Waals surface area contributed by atoms with E-state index in [4.69, 9.17) is 4.74 Å². The van der Waals surface area contributed by atoms with Crippen LogP contribution in [0.2, 0.25) is 0 Å². The van der Waals surface area contributed by atoms with Crippen molar-refractivity contribution in [3.8, 4) is 0 Å². The zero-order chi connectivity index (χ0) is 17.7. The van der Waals surface area contributed by atoms with Gasteiger partial charge in [-0.2, -0.15) is 0 Å². The Kier molecular flexibility index (Phi) is 9.65. The molecule has 0 radical (unpaired) electrons.